The molecule has 0 unspecified atom stereocenters. The fourth-order valence-electron chi connectivity index (χ4n) is 2.61. The van der Waals surface area contributed by atoms with Gasteiger partial charge in [0.25, 0.3) is 0 Å². The molecule has 0 amide bonds. The van der Waals surface area contributed by atoms with Crippen molar-refractivity contribution in [3.8, 4) is 5.75 Å². The van der Waals surface area contributed by atoms with Crippen LogP contribution in [0.1, 0.15) is 35.0 Å². The van der Waals surface area contributed by atoms with E-state index in [9.17, 15) is 0 Å². The van der Waals surface area contributed by atoms with Gasteiger partial charge in [-0.2, -0.15) is 0 Å². The van der Waals surface area contributed by atoms with Gasteiger partial charge in [-0.15, -0.1) is 35.3 Å². The van der Waals surface area contributed by atoms with Crippen LogP contribution in [-0.4, -0.2) is 38.2 Å². The second kappa shape index (κ2) is 10.8. The van der Waals surface area contributed by atoms with Crippen LogP contribution in [0.15, 0.2) is 29.3 Å². The molecule has 2 aromatic rings. The van der Waals surface area contributed by atoms with E-state index in [4.69, 9.17) is 4.74 Å². The zero-order valence-corrected chi connectivity index (χ0v) is 20.2. The highest BCUT2D eigenvalue weighted by Gasteiger charge is 2.21. The quantitative estimate of drug-likeness (QED) is 0.341. The molecule has 2 N–H and O–H groups in total. The van der Waals surface area contributed by atoms with Crippen LogP contribution in [-0.2, 0) is 11.8 Å². The Morgan fingerprint density at radius 2 is 2.00 bits per heavy atom. The summed E-state index contributed by atoms with van der Waals surface area (Å²) >= 11 is 1.77. The summed E-state index contributed by atoms with van der Waals surface area (Å²) in [7, 11) is 3.49. The van der Waals surface area contributed by atoms with Crippen LogP contribution in [0.3, 0.4) is 0 Å². The van der Waals surface area contributed by atoms with E-state index in [0.29, 0.717) is 0 Å². The number of hydrogen-bond donors (Lipinski definition) is 2. The van der Waals surface area contributed by atoms with Crippen LogP contribution < -0.4 is 15.4 Å². The van der Waals surface area contributed by atoms with Crippen molar-refractivity contribution in [2.75, 3.05) is 27.2 Å². The van der Waals surface area contributed by atoms with Crippen molar-refractivity contribution >= 4 is 41.3 Å². The smallest absolute Gasteiger partial charge is 0.191 e. The zero-order valence-electron chi connectivity index (χ0n) is 17.0. The van der Waals surface area contributed by atoms with E-state index in [1.807, 2.05) is 12.1 Å². The molecule has 0 fully saturated rings. The summed E-state index contributed by atoms with van der Waals surface area (Å²) in [5.41, 5.74) is 2.32. The lowest BCUT2D eigenvalue weighted by Gasteiger charge is -2.27. The molecular weight excluding hydrogens is 471 g/mol. The second-order valence-corrected chi connectivity index (χ2v) is 8.26. The highest BCUT2D eigenvalue weighted by Crippen LogP contribution is 2.25. The van der Waals surface area contributed by atoms with E-state index in [1.165, 1.54) is 15.4 Å². The van der Waals surface area contributed by atoms with Crippen LogP contribution in [0.5, 0.6) is 5.75 Å². The third-order valence-electron chi connectivity index (χ3n) is 4.48. The number of halogens is 1. The summed E-state index contributed by atoms with van der Waals surface area (Å²) in [5.74, 6) is 1.69. The van der Waals surface area contributed by atoms with Gasteiger partial charge in [-0.25, -0.2) is 4.98 Å². The Kier molecular flexibility index (Phi) is 9.52. The summed E-state index contributed by atoms with van der Waals surface area (Å²) in [5, 5.41) is 7.97. The lowest BCUT2D eigenvalue weighted by Crippen LogP contribution is -2.44. The van der Waals surface area contributed by atoms with Crippen molar-refractivity contribution in [2.45, 2.75) is 39.5 Å². The Morgan fingerprint density at radius 3 is 2.59 bits per heavy atom. The molecule has 1 aromatic heterocycles. The third-order valence-corrected chi connectivity index (χ3v) is 5.61. The number of nitrogens with one attached hydrogen (secondary N) is 2. The predicted octanol–water partition coefficient (Wildman–Crippen LogP) is 4.07. The van der Waals surface area contributed by atoms with Crippen molar-refractivity contribution in [3.05, 3.63) is 45.4 Å². The van der Waals surface area contributed by atoms with E-state index in [0.717, 1.165) is 36.9 Å². The molecule has 0 aliphatic rings. The van der Waals surface area contributed by atoms with Gasteiger partial charge < -0.3 is 15.4 Å². The van der Waals surface area contributed by atoms with Crippen LogP contribution in [0.2, 0.25) is 0 Å². The van der Waals surface area contributed by atoms with Crippen molar-refractivity contribution in [1.82, 2.24) is 15.6 Å². The molecule has 0 spiro atoms. The van der Waals surface area contributed by atoms with Gasteiger partial charge in [0, 0.05) is 36.9 Å². The van der Waals surface area contributed by atoms with Crippen LogP contribution >= 0.6 is 35.3 Å². The first-order chi connectivity index (χ1) is 12.4. The van der Waals surface area contributed by atoms with Gasteiger partial charge in [0.2, 0.25) is 0 Å². The fourth-order valence-corrected chi connectivity index (χ4v) is 3.54. The number of benzene rings is 1. The minimum Gasteiger partial charge on any atom is -0.497 e. The van der Waals surface area contributed by atoms with E-state index >= 15 is 0 Å². The maximum Gasteiger partial charge on any atom is 0.191 e. The third kappa shape index (κ3) is 6.95. The standard InChI is InChI=1S/C20H30N4OS.HI/c1-14-15(2)26-18(24-14)10-11-22-19(21-5)23-13-20(3,4)16-8-7-9-17(12-16)25-6;/h7-9,12H,10-11,13H2,1-6H3,(H2,21,22,23);1H. The number of rotatable bonds is 7. The lowest BCUT2D eigenvalue weighted by atomic mass is 9.84. The van der Waals surface area contributed by atoms with Crippen LogP contribution in [0.25, 0.3) is 0 Å². The number of aromatic nitrogens is 1. The highest BCUT2D eigenvalue weighted by atomic mass is 127. The highest BCUT2D eigenvalue weighted by molar-refractivity contribution is 14.0. The SMILES string of the molecule is CN=C(NCCc1nc(C)c(C)s1)NCC(C)(C)c1cccc(OC)c1.I. The van der Waals surface area contributed by atoms with Crippen LogP contribution in [0, 0.1) is 13.8 Å². The van der Waals surface area contributed by atoms with E-state index in [2.05, 4.69) is 60.4 Å². The van der Waals surface area contributed by atoms with E-state index in [-0.39, 0.29) is 29.4 Å². The molecule has 0 aliphatic carbocycles. The predicted molar refractivity (Wildman–Crippen MR) is 126 cm³/mol. The van der Waals surface area contributed by atoms with Crippen molar-refractivity contribution < 1.29 is 4.74 Å². The molecule has 27 heavy (non-hydrogen) atoms. The Bertz CT molecular complexity index is 739. The first-order valence-corrected chi connectivity index (χ1v) is 9.69. The largest absolute Gasteiger partial charge is 0.497 e. The topological polar surface area (TPSA) is 58.5 Å². The minimum absolute atomic E-state index is 0. The number of aliphatic imine (C=N–C) groups is 1. The molecule has 2 rings (SSSR count). The maximum absolute atomic E-state index is 5.34. The summed E-state index contributed by atoms with van der Waals surface area (Å²) < 4.78 is 5.34. The van der Waals surface area contributed by atoms with Crippen molar-refractivity contribution in [3.63, 3.8) is 0 Å². The Balaban J connectivity index is 0.00000364. The molecule has 0 radical (unpaired) electrons. The molecular formula is C20H31IN4OS. The Hall–Kier alpha value is -1.35. The number of ether oxygens (including phenoxy) is 1. The molecule has 1 aromatic carbocycles. The molecule has 0 saturated carbocycles. The van der Waals surface area contributed by atoms with Gasteiger partial charge in [-0.05, 0) is 31.5 Å². The summed E-state index contributed by atoms with van der Waals surface area (Å²) in [6.45, 7) is 10.2. The maximum atomic E-state index is 5.34. The lowest BCUT2D eigenvalue weighted by molar-refractivity contribution is 0.411. The van der Waals surface area contributed by atoms with E-state index in [1.54, 1.807) is 25.5 Å². The fraction of sp³-hybridized carbons (Fsp3) is 0.500. The number of hydrogen-bond acceptors (Lipinski definition) is 4. The molecule has 0 atom stereocenters. The van der Waals surface area contributed by atoms with Gasteiger partial charge in [0.1, 0.15) is 5.75 Å². The zero-order chi connectivity index (χ0) is 19.2. The number of guanidine groups is 1. The van der Waals surface area contributed by atoms with Gasteiger partial charge in [-0.1, -0.05) is 26.0 Å². The number of methoxy groups -OCH3 is 1. The number of aryl methyl sites for hydroxylation is 2. The first-order valence-electron chi connectivity index (χ1n) is 8.87. The first kappa shape index (κ1) is 23.7. The average Bonchev–Trinajstić information content (AvgIpc) is 2.95. The monoisotopic (exact) mass is 502 g/mol. The second-order valence-electron chi connectivity index (χ2n) is 6.97. The van der Waals surface area contributed by atoms with Crippen molar-refractivity contribution in [2.24, 2.45) is 4.99 Å². The molecule has 7 heteroatoms. The molecule has 150 valence electrons. The van der Waals surface area contributed by atoms with Gasteiger partial charge in [0.05, 0.1) is 17.8 Å². The molecule has 0 bridgehead atoms. The Labute approximate surface area is 184 Å². The minimum atomic E-state index is -0.0459. The van der Waals surface area contributed by atoms with Gasteiger partial charge in [0.15, 0.2) is 5.96 Å². The van der Waals surface area contributed by atoms with E-state index < -0.39 is 0 Å². The van der Waals surface area contributed by atoms with Crippen molar-refractivity contribution in [1.29, 1.82) is 0 Å². The normalized spacial score (nSPS) is 11.7. The van der Waals surface area contributed by atoms with Crippen LogP contribution in [0.4, 0.5) is 0 Å². The molecule has 0 saturated heterocycles. The summed E-state index contributed by atoms with van der Waals surface area (Å²) in [6.07, 6.45) is 0.902. The summed E-state index contributed by atoms with van der Waals surface area (Å²) in [6, 6.07) is 8.22. The number of thiazole rings is 1. The number of nitrogens with zero attached hydrogens (tertiary/aromatic N) is 2. The average molecular weight is 502 g/mol. The summed E-state index contributed by atoms with van der Waals surface area (Å²) in [4.78, 5) is 10.2. The molecule has 5 nitrogen and oxygen atoms in total. The molecule has 1 heterocycles. The van der Waals surface area contributed by atoms with Gasteiger partial charge in [-0.3, -0.25) is 4.99 Å². The Morgan fingerprint density at radius 1 is 1.26 bits per heavy atom. The molecule has 0 aliphatic heterocycles. The van der Waals surface area contributed by atoms with Gasteiger partial charge >= 0.3 is 0 Å².